The molecule has 0 spiro atoms. The van der Waals surface area contributed by atoms with Crippen molar-refractivity contribution < 1.29 is 9.59 Å². The van der Waals surface area contributed by atoms with Crippen LogP contribution < -0.4 is 10.6 Å². The van der Waals surface area contributed by atoms with Crippen molar-refractivity contribution in [3.8, 4) is 0 Å². The molecule has 0 aliphatic heterocycles. The maximum atomic E-state index is 11.7. The van der Waals surface area contributed by atoms with Gasteiger partial charge in [0.15, 0.2) is 0 Å². The highest BCUT2D eigenvalue weighted by atomic mass is 35.5. The third-order valence-electron chi connectivity index (χ3n) is 2.27. The SMILES string of the molecule is CCCNC(=O)c1cccc(NC(=O)CCCl)c1. The van der Waals surface area contributed by atoms with Gasteiger partial charge < -0.3 is 10.6 Å². The normalized spacial score (nSPS) is 9.89. The fourth-order valence-corrected chi connectivity index (χ4v) is 1.56. The van der Waals surface area contributed by atoms with Gasteiger partial charge in [-0.2, -0.15) is 0 Å². The summed E-state index contributed by atoms with van der Waals surface area (Å²) in [4.78, 5) is 23.1. The van der Waals surface area contributed by atoms with Crippen molar-refractivity contribution in [1.82, 2.24) is 5.32 Å². The Balaban J connectivity index is 2.67. The van der Waals surface area contributed by atoms with E-state index in [2.05, 4.69) is 10.6 Å². The van der Waals surface area contributed by atoms with Crippen LogP contribution >= 0.6 is 11.6 Å². The first-order valence-electron chi connectivity index (χ1n) is 5.91. The van der Waals surface area contributed by atoms with Crippen molar-refractivity contribution in [2.24, 2.45) is 0 Å². The van der Waals surface area contributed by atoms with Crippen molar-refractivity contribution >= 4 is 29.1 Å². The minimum atomic E-state index is -0.156. The van der Waals surface area contributed by atoms with Crippen molar-refractivity contribution in [1.29, 1.82) is 0 Å². The van der Waals surface area contributed by atoms with Gasteiger partial charge in [-0.3, -0.25) is 9.59 Å². The number of carbonyl (C=O) groups excluding carboxylic acids is 2. The highest BCUT2D eigenvalue weighted by Gasteiger charge is 2.06. The number of hydrogen-bond donors (Lipinski definition) is 2. The summed E-state index contributed by atoms with van der Waals surface area (Å²) < 4.78 is 0. The summed E-state index contributed by atoms with van der Waals surface area (Å²) in [6.45, 7) is 2.63. The molecule has 0 saturated heterocycles. The fraction of sp³-hybridized carbons (Fsp3) is 0.385. The van der Waals surface area contributed by atoms with E-state index >= 15 is 0 Å². The highest BCUT2D eigenvalue weighted by Crippen LogP contribution is 2.11. The maximum Gasteiger partial charge on any atom is 0.251 e. The zero-order valence-corrected chi connectivity index (χ0v) is 11.1. The number of anilines is 1. The maximum absolute atomic E-state index is 11.7. The molecular formula is C13H17ClN2O2. The van der Waals surface area contributed by atoms with Gasteiger partial charge in [-0.25, -0.2) is 0 Å². The van der Waals surface area contributed by atoms with E-state index in [0.717, 1.165) is 6.42 Å². The first kappa shape index (κ1) is 14.5. The summed E-state index contributed by atoms with van der Waals surface area (Å²) in [6, 6.07) is 6.83. The molecule has 0 fully saturated rings. The molecule has 1 aromatic carbocycles. The van der Waals surface area contributed by atoms with Crippen LogP contribution in [0.2, 0.25) is 0 Å². The molecule has 0 saturated carbocycles. The first-order valence-corrected chi connectivity index (χ1v) is 6.45. The van der Waals surface area contributed by atoms with Gasteiger partial charge in [0.2, 0.25) is 5.91 Å². The zero-order chi connectivity index (χ0) is 13.4. The molecule has 0 aliphatic rings. The molecule has 0 aliphatic carbocycles. The average molecular weight is 269 g/mol. The van der Waals surface area contributed by atoms with E-state index in [9.17, 15) is 9.59 Å². The second kappa shape index (κ2) is 7.71. The quantitative estimate of drug-likeness (QED) is 0.779. The summed E-state index contributed by atoms with van der Waals surface area (Å²) >= 11 is 5.48. The second-order valence-electron chi connectivity index (χ2n) is 3.82. The van der Waals surface area contributed by atoms with Gasteiger partial charge in [-0.05, 0) is 24.6 Å². The lowest BCUT2D eigenvalue weighted by Crippen LogP contribution is -2.24. The van der Waals surface area contributed by atoms with E-state index in [-0.39, 0.29) is 24.1 Å². The average Bonchev–Trinajstić information content (AvgIpc) is 2.36. The van der Waals surface area contributed by atoms with Crippen molar-refractivity contribution in [3.63, 3.8) is 0 Å². The molecule has 18 heavy (non-hydrogen) atoms. The molecule has 5 heteroatoms. The molecule has 0 bridgehead atoms. The Labute approximate surface area is 112 Å². The van der Waals surface area contributed by atoms with Crippen LogP contribution in [0.5, 0.6) is 0 Å². The van der Waals surface area contributed by atoms with E-state index < -0.39 is 0 Å². The number of amides is 2. The van der Waals surface area contributed by atoms with Crippen LogP contribution in [-0.4, -0.2) is 24.2 Å². The number of rotatable bonds is 6. The minimum absolute atomic E-state index is 0.134. The highest BCUT2D eigenvalue weighted by molar-refractivity contribution is 6.19. The summed E-state index contributed by atoms with van der Waals surface area (Å²) in [7, 11) is 0. The standard InChI is InChI=1S/C13H17ClN2O2/c1-2-8-15-13(18)10-4-3-5-11(9-10)16-12(17)6-7-14/h3-5,9H,2,6-8H2,1H3,(H,15,18)(H,16,17). The van der Waals surface area contributed by atoms with Gasteiger partial charge >= 0.3 is 0 Å². The van der Waals surface area contributed by atoms with Gasteiger partial charge in [0.1, 0.15) is 0 Å². The van der Waals surface area contributed by atoms with Gasteiger partial charge in [-0.1, -0.05) is 13.0 Å². The van der Waals surface area contributed by atoms with Gasteiger partial charge in [0.25, 0.3) is 5.91 Å². The van der Waals surface area contributed by atoms with Crippen LogP contribution in [0.15, 0.2) is 24.3 Å². The Morgan fingerprint density at radius 1 is 1.33 bits per heavy atom. The lowest BCUT2D eigenvalue weighted by molar-refractivity contribution is -0.115. The zero-order valence-electron chi connectivity index (χ0n) is 10.3. The molecule has 0 atom stereocenters. The number of nitrogens with one attached hydrogen (secondary N) is 2. The third-order valence-corrected chi connectivity index (χ3v) is 2.45. The number of carbonyl (C=O) groups is 2. The molecule has 4 nitrogen and oxygen atoms in total. The molecule has 2 amide bonds. The number of alkyl halides is 1. The molecule has 0 unspecified atom stereocenters. The Morgan fingerprint density at radius 3 is 2.78 bits per heavy atom. The second-order valence-corrected chi connectivity index (χ2v) is 4.20. The van der Waals surface area contributed by atoms with Crippen LogP contribution in [0.4, 0.5) is 5.69 Å². The van der Waals surface area contributed by atoms with E-state index in [1.54, 1.807) is 24.3 Å². The molecule has 2 N–H and O–H groups in total. The number of halogens is 1. The van der Waals surface area contributed by atoms with Crippen molar-refractivity contribution in [2.75, 3.05) is 17.7 Å². The molecule has 0 aromatic heterocycles. The van der Waals surface area contributed by atoms with Crippen molar-refractivity contribution in [3.05, 3.63) is 29.8 Å². The molecular weight excluding hydrogens is 252 g/mol. The summed E-state index contributed by atoms with van der Waals surface area (Å²) in [5.74, 6) is -0.0101. The number of benzene rings is 1. The Kier molecular flexibility index (Phi) is 6.22. The van der Waals surface area contributed by atoms with E-state index in [1.165, 1.54) is 0 Å². The predicted octanol–water partition coefficient (Wildman–Crippen LogP) is 2.39. The summed E-state index contributed by atoms with van der Waals surface area (Å²) in [5.41, 5.74) is 1.14. The van der Waals surface area contributed by atoms with Gasteiger partial charge in [-0.15, -0.1) is 11.6 Å². The van der Waals surface area contributed by atoms with E-state index in [1.807, 2.05) is 6.92 Å². The number of hydrogen-bond acceptors (Lipinski definition) is 2. The molecule has 1 rings (SSSR count). The third kappa shape index (κ3) is 4.75. The van der Waals surface area contributed by atoms with E-state index in [0.29, 0.717) is 17.8 Å². The monoisotopic (exact) mass is 268 g/mol. The lowest BCUT2D eigenvalue weighted by Gasteiger charge is -2.07. The van der Waals surface area contributed by atoms with Crippen LogP contribution in [0, 0.1) is 0 Å². The summed E-state index contributed by atoms with van der Waals surface area (Å²) in [6.07, 6.45) is 1.14. The van der Waals surface area contributed by atoms with Crippen LogP contribution in [0.1, 0.15) is 30.1 Å². The predicted molar refractivity (Wildman–Crippen MR) is 73.0 cm³/mol. The van der Waals surface area contributed by atoms with Crippen LogP contribution in [0.25, 0.3) is 0 Å². The van der Waals surface area contributed by atoms with Gasteiger partial charge in [0, 0.05) is 30.1 Å². The Morgan fingerprint density at radius 2 is 2.11 bits per heavy atom. The molecule has 98 valence electrons. The molecule has 0 radical (unpaired) electrons. The van der Waals surface area contributed by atoms with Crippen LogP contribution in [-0.2, 0) is 4.79 Å². The van der Waals surface area contributed by atoms with Crippen LogP contribution in [0.3, 0.4) is 0 Å². The first-order chi connectivity index (χ1) is 8.67. The Hall–Kier alpha value is -1.55. The topological polar surface area (TPSA) is 58.2 Å². The fourth-order valence-electron chi connectivity index (χ4n) is 1.39. The smallest absolute Gasteiger partial charge is 0.251 e. The molecule has 1 aromatic rings. The Bertz CT molecular complexity index is 421. The largest absolute Gasteiger partial charge is 0.352 e. The van der Waals surface area contributed by atoms with Crippen molar-refractivity contribution in [2.45, 2.75) is 19.8 Å². The minimum Gasteiger partial charge on any atom is -0.352 e. The van der Waals surface area contributed by atoms with Gasteiger partial charge in [0.05, 0.1) is 0 Å². The molecule has 0 heterocycles. The summed E-state index contributed by atoms with van der Waals surface area (Å²) in [5, 5.41) is 5.47. The lowest BCUT2D eigenvalue weighted by atomic mass is 10.2. The van der Waals surface area contributed by atoms with E-state index in [4.69, 9.17) is 11.6 Å².